The number of aryl methyl sites for hydroxylation is 1. The number of carbonyl (C=O) groups excluding carboxylic acids is 2. The minimum absolute atomic E-state index is 0.0401. The van der Waals surface area contributed by atoms with Crippen LogP contribution in [-0.4, -0.2) is 37.0 Å². The fraction of sp³-hybridized carbons (Fsp3) is 0.400. The zero-order valence-corrected chi connectivity index (χ0v) is 16.0. The highest BCUT2D eigenvalue weighted by Crippen LogP contribution is 2.35. The number of ketones is 1. The second-order valence-electron chi connectivity index (χ2n) is 6.76. The van der Waals surface area contributed by atoms with E-state index in [0.717, 1.165) is 18.2 Å². The van der Waals surface area contributed by atoms with Gasteiger partial charge in [-0.3, -0.25) is 9.59 Å². The van der Waals surface area contributed by atoms with Gasteiger partial charge in [-0.25, -0.2) is 0 Å². The minimum atomic E-state index is -4.57. The van der Waals surface area contributed by atoms with Crippen molar-refractivity contribution in [2.24, 2.45) is 0 Å². The van der Waals surface area contributed by atoms with Crippen molar-refractivity contribution in [3.63, 3.8) is 0 Å². The Kier molecular flexibility index (Phi) is 5.97. The predicted octanol–water partition coefficient (Wildman–Crippen LogP) is 4.14. The Morgan fingerprint density at radius 3 is 2.66 bits per heavy atom. The first kappa shape index (κ1) is 20.9. The normalized spacial score (nSPS) is 13.9. The van der Waals surface area contributed by atoms with Crippen molar-refractivity contribution in [3.05, 3.63) is 46.3 Å². The smallest absolute Gasteiger partial charge is 0.416 e. The lowest BCUT2D eigenvalue weighted by molar-refractivity contribution is -0.137. The molecule has 0 saturated heterocycles. The maximum atomic E-state index is 13.1. The number of aromatic nitrogens is 1. The molecule has 2 N–H and O–H groups in total. The van der Waals surface area contributed by atoms with Crippen LogP contribution in [0.4, 0.5) is 18.9 Å². The molecule has 1 aliphatic carbocycles. The minimum Gasteiger partial charge on any atom is -0.489 e. The van der Waals surface area contributed by atoms with Crippen molar-refractivity contribution in [3.8, 4) is 5.75 Å². The summed E-state index contributed by atoms with van der Waals surface area (Å²) in [6.07, 6.45) is -2.82. The third-order valence-corrected chi connectivity index (χ3v) is 4.76. The van der Waals surface area contributed by atoms with E-state index >= 15 is 0 Å². The van der Waals surface area contributed by atoms with E-state index in [9.17, 15) is 22.8 Å². The molecule has 2 aromatic rings. The van der Waals surface area contributed by atoms with Crippen LogP contribution < -0.4 is 10.1 Å². The van der Waals surface area contributed by atoms with Crippen molar-refractivity contribution in [2.75, 3.05) is 25.6 Å². The first-order valence-electron chi connectivity index (χ1n) is 9.11. The van der Waals surface area contributed by atoms with E-state index in [1.165, 1.54) is 7.11 Å². The monoisotopic (exact) mass is 410 g/mol. The number of nitrogens with one attached hydrogen (secondary N) is 2. The van der Waals surface area contributed by atoms with E-state index in [2.05, 4.69) is 10.3 Å². The number of Topliss-reactive ketones (excluding diaryl/α,β-unsaturated/α-hetero) is 1. The van der Waals surface area contributed by atoms with Crippen LogP contribution in [0.15, 0.2) is 18.2 Å². The van der Waals surface area contributed by atoms with Crippen LogP contribution in [0, 0.1) is 6.92 Å². The van der Waals surface area contributed by atoms with Crippen molar-refractivity contribution in [1.82, 2.24) is 4.98 Å². The van der Waals surface area contributed by atoms with Gasteiger partial charge >= 0.3 is 6.18 Å². The standard InChI is InChI=1S/C20H21F3N2O4/c1-11-17-13(4-3-5-15(17)26)24-18(11)19(27)25-14-10-12(20(21,22)23)6-7-16(14)29-9-8-28-2/h6-7,10,24H,3-5,8-9H2,1-2H3,(H,25,27). The predicted molar refractivity (Wildman–Crippen MR) is 99.6 cm³/mol. The van der Waals surface area contributed by atoms with Gasteiger partial charge < -0.3 is 19.8 Å². The highest BCUT2D eigenvalue weighted by Gasteiger charge is 2.32. The number of alkyl halides is 3. The quantitative estimate of drug-likeness (QED) is 0.702. The number of amides is 1. The average molecular weight is 410 g/mol. The summed E-state index contributed by atoms with van der Waals surface area (Å²) in [6, 6.07) is 2.86. The number of carbonyl (C=O) groups is 2. The lowest BCUT2D eigenvalue weighted by Gasteiger charge is -2.15. The molecule has 1 aromatic carbocycles. The topological polar surface area (TPSA) is 80.4 Å². The van der Waals surface area contributed by atoms with Crippen LogP contribution in [-0.2, 0) is 17.3 Å². The largest absolute Gasteiger partial charge is 0.489 e. The third-order valence-electron chi connectivity index (χ3n) is 4.76. The number of hydrogen-bond acceptors (Lipinski definition) is 4. The molecule has 29 heavy (non-hydrogen) atoms. The number of fused-ring (bicyclic) bond motifs is 1. The fourth-order valence-corrected chi connectivity index (χ4v) is 3.35. The number of H-pyrrole nitrogens is 1. The Bertz CT molecular complexity index is 935. The maximum absolute atomic E-state index is 13.1. The Hall–Kier alpha value is -2.81. The van der Waals surface area contributed by atoms with Gasteiger partial charge in [0.05, 0.1) is 17.9 Å². The number of rotatable bonds is 6. The number of anilines is 1. The molecule has 1 heterocycles. The van der Waals surface area contributed by atoms with Gasteiger partial charge in [0.25, 0.3) is 5.91 Å². The Balaban J connectivity index is 1.91. The molecular formula is C20H21F3N2O4. The SMILES string of the molecule is COCCOc1ccc(C(F)(F)F)cc1NC(=O)c1[nH]c2c(c1C)C(=O)CCC2. The average Bonchev–Trinajstić information content (AvgIpc) is 3.00. The van der Waals surface area contributed by atoms with Crippen LogP contribution in [0.5, 0.6) is 5.75 Å². The van der Waals surface area contributed by atoms with Crippen LogP contribution in [0.25, 0.3) is 0 Å². The van der Waals surface area contributed by atoms with Gasteiger partial charge in [-0.15, -0.1) is 0 Å². The summed E-state index contributed by atoms with van der Waals surface area (Å²) in [7, 11) is 1.47. The Labute approximate surface area is 165 Å². The molecule has 0 spiro atoms. The number of aromatic amines is 1. The summed E-state index contributed by atoms with van der Waals surface area (Å²) >= 11 is 0. The number of halogens is 3. The van der Waals surface area contributed by atoms with E-state index in [1.54, 1.807) is 6.92 Å². The summed E-state index contributed by atoms with van der Waals surface area (Å²) in [4.78, 5) is 27.9. The summed E-state index contributed by atoms with van der Waals surface area (Å²) in [5.74, 6) is -0.587. The van der Waals surface area contributed by atoms with Gasteiger partial charge in [-0.1, -0.05) is 0 Å². The van der Waals surface area contributed by atoms with Crippen molar-refractivity contribution < 1.29 is 32.2 Å². The van der Waals surface area contributed by atoms with Gasteiger partial charge in [0.2, 0.25) is 0 Å². The van der Waals surface area contributed by atoms with Crippen LogP contribution in [0.2, 0.25) is 0 Å². The van der Waals surface area contributed by atoms with Gasteiger partial charge in [0, 0.05) is 24.8 Å². The summed E-state index contributed by atoms with van der Waals surface area (Å²) < 4.78 is 49.6. The zero-order chi connectivity index (χ0) is 21.2. The van der Waals surface area contributed by atoms with Crippen LogP contribution in [0.3, 0.4) is 0 Å². The molecule has 6 nitrogen and oxygen atoms in total. The molecule has 0 unspecified atom stereocenters. The number of methoxy groups -OCH3 is 1. The summed E-state index contributed by atoms with van der Waals surface area (Å²) in [6.45, 7) is 1.99. The van der Waals surface area contributed by atoms with E-state index in [1.807, 2.05) is 0 Å². The van der Waals surface area contributed by atoms with Crippen molar-refractivity contribution in [2.45, 2.75) is 32.4 Å². The zero-order valence-electron chi connectivity index (χ0n) is 16.0. The molecule has 9 heteroatoms. The number of ether oxygens (including phenoxy) is 2. The van der Waals surface area contributed by atoms with E-state index in [4.69, 9.17) is 9.47 Å². The highest BCUT2D eigenvalue weighted by atomic mass is 19.4. The third kappa shape index (κ3) is 4.45. The van der Waals surface area contributed by atoms with Gasteiger partial charge in [0.1, 0.15) is 18.1 Å². The van der Waals surface area contributed by atoms with Crippen LogP contribution in [0.1, 0.15) is 50.5 Å². The van der Waals surface area contributed by atoms with Crippen LogP contribution >= 0.6 is 0 Å². The first-order chi connectivity index (χ1) is 13.7. The highest BCUT2D eigenvalue weighted by molar-refractivity contribution is 6.08. The second kappa shape index (κ2) is 8.28. The van der Waals surface area contributed by atoms with E-state index in [0.29, 0.717) is 36.1 Å². The molecular weight excluding hydrogens is 389 g/mol. The van der Waals surface area contributed by atoms with E-state index < -0.39 is 17.6 Å². The van der Waals surface area contributed by atoms with Crippen molar-refractivity contribution in [1.29, 1.82) is 0 Å². The molecule has 0 saturated carbocycles. The second-order valence-corrected chi connectivity index (χ2v) is 6.76. The molecule has 0 aliphatic heterocycles. The number of hydrogen-bond donors (Lipinski definition) is 2. The van der Waals surface area contributed by atoms with Gasteiger partial charge in [-0.05, 0) is 43.5 Å². The molecule has 0 fully saturated rings. The van der Waals surface area contributed by atoms with E-state index in [-0.39, 0.29) is 36.1 Å². The molecule has 3 rings (SSSR count). The summed E-state index contributed by atoms with van der Waals surface area (Å²) in [5.41, 5.74) is 0.817. The molecule has 0 radical (unpaired) electrons. The molecule has 1 aliphatic rings. The summed E-state index contributed by atoms with van der Waals surface area (Å²) in [5, 5.41) is 2.48. The molecule has 1 aromatic heterocycles. The lowest BCUT2D eigenvalue weighted by atomic mass is 9.94. The number of benzene rings is 1. The maximum Gasteiger partial charge on any atom is 0.416 e. The lowest BCUT2D eigenvalue weighted by Crippen LogP contribution is -2.16. The molecule has 0 bridgehead atoms. The van der Waals surface area contributed by atoms with Gasteiger partial charge in [0.15, 0.2) is 5.78 Å². The fourth-order valence-electron chi connectivity index (χ4n) is 3.35. The molecule has 0 atom stereocenters. The Morgan fingerprint density at radius 1 is 1.24 bits per heavy atom. The molecule has 1 amide bonds. The Morgan fingerprint density at radius 2 is 2.00 bits per heavy atom. The first-order valence-corrected chi connectivity index (χ1v) is 9.11. The molecule has 156 valence electrons. The van der Waals surface area contributed by atoms with Crippen molar-refractivity contribution >= 4 is 17.4 Å². The van der Waals surface area contributed by atoms with Gasteiger partial charge in [-0.2, -0.15) is 13.2 Å².